The average Bonchev–Trinajstić information content (AvgIpc) is 3.04. The van der Waals surface area contributed by atoms with Gasteiger partial charge in [0.15, 0.2) is 11.0 Å². The Labute approximate surface area is 149 Å². The van der Waals surface area contributed by atoms with Crippen LogP contribution in [0.3, 0.4) is 0 Å². The second-order valence-electron chi connectivity index (χ2n) is 5.36. The molecule has 25 heavy (non-hydrogen) atoms. The van der Waals surface area contributed by atoms with Crippen molar-refractivity contribution >= 4 is 17.7 Å². The number of thioether (sulfide) groups is 1. The van der Waals surface area contributed by atoms with E-state index >= 15 is 0 Å². The number of carboxylic acid groups (broad SMARTS) is 1. The fraction of sp³-hybridized carbons (Fsp3) is 0.167. The van der Waals surface area contributed by atoms with E-state index in [1.165, 1.54) is 0 Å². The molecule has 1 N–H and O–H groups in total. The number of hydrogen-bond donors (Lipinski definition) is 1. The first-order valence-electron chi connectivity index (χ1n) is 7.60. The van der Waals surface area contributed by atoms with Crippen LogP contribution in [0.25, 0.3) is 17.1 Å². The Hall–Kier alpha value is -2.80. The third-order valence-corrected chi connectivity index (χ3v) is 4.51. The lowest BCUT2D eigenvalue weighted by atomic mass is 10.1. The van der Waals surface area contributed by atoms with Gasteiger partial charge >= 0.3 is 5.97 Å². The van der Waals surface area contributed by atoms with Gasteiger partial charge in [0.2, 0.25) is 0 Å². The lowest BCUT2D eigenvalue weighted by Gasteiger charge is -2.13. The van der Waals surface area contributed by atoms with E-state index in [-0.39, 0.29) is 5.75 Å². The molecule has 0 spiro atoms. The van der Waals surface area contributed by atoms with Gasteiger partial charge in [-0.05, 0) is 19.1 Å². The number of benzene rings is 2. The molecule has 3 aromatic rings. The van der Waals surface area contributed by atoms with Gasteiger partial charge in [0.1, 0.15) is 5.75 Å². The summed E-state index contributed by atoms with van der Waals surface area (Å²) in [4.78, 5) is 11.0. The summed E-state index contributed by atoms with van der Waals surface area (Å²) < 4.78 is 7.29. The largest absolute Gasteiger partial charge is 0.495 e. The quantitative estimate of drug-likeness (QED) is 0.683. The summed E-state index contributed by atoms with van der Waals surface area (Å²) in [7, 11) is 1.60. The molecule has 0 unspecified atom stereocenters. The van der Waals surface area contributed by atoms with Crippen molar-refractivity contribution in [3.63, 3.8) is 0 Å². The first-order chi connectivity index (χ1) is 12.1. The fourth-order valence-electron chi connectivity index (χ4n) is 2.41. The maximum atomic E-state index is 11.0. The van der Waals surface area contributed by atoms with Crippen molar-refractivity contribution in [2.45, 2.75) is 12.1 Å². The molecule has 0 amide bonds. The first kappa shape index (κ1) is 17.0. The predicted molar refractivity (Wildman–Crippen MR) is 96.4 cm³/mol. The van der Waals surface area contributed by atoms with Crippen LogP contribution in [-0.2, 0) is 4.79 Å². The summed E-state index contributed by atoms with van der Waals surface area (Å²) in [6, 6.07) is 15.4. The van der Waals surface area contributed by atoms with Crippen LogP contribution in [0.15, 0.2) is 53.7 Å². The zero-order valence-corrected chi connectivity index (χ0v) is 14.7. The standard InChI is InChI=1S/C18H17N3O3S/c1-12-7-9-13(10-8-12)17-19-20-18(25-11-16(22)23)21(17)14-5-3-4-6-15(14)24-2/h3-10H,11H2,1-2H3,(H,22,23). The Kier molecular flexibility index (Phi) is 5.04. The Bertz CT molecular complexity index is 891. The molecule has 0 aliphatic rings. The Balaban J connectivity index is 2.16. The zero-order valence-electron chi connectivity index (χ0n) is 13.8. The molecular weight excluding hydrogens is 338 g/mol. The number of aromatic nitrogens is 3. The van der Waals surface area contributed by atoms with Crippen molar-refractivity contribution < 1.29 is 14.6 Å². The molecule has 0 radical (unpaired) electrons. The van der Waals surface area contributed by atoms with Gasteiger partial charge in [-0.25, -0.2) is 0 Å². The van der Waals surface area contributed by atoms with E-state index in [0.29, 0.717) is 16.7 Å². The second kappa shape index (κ2) is 7.40. The molecule has 0 saturated carbocycles. The summed E-state index contributed by atoms with van der Waals surface area (Å²) in [6.07, 6.45) is 0. The summed E-state index contributed by atoms with van der Waals surface area (Å²) in [5.41, 5.74) is 2.80. The van der Waals surface area contributed by atoms with E-state index < -0.39 is 5.97 Å². The predicted octanol–water partition coefficient (Wildman–Crippen LogP) is 3.43. The van der Waals surface area contributed by atoms with Crippen molar-refractivity contribution in [3.05, 3.63) is 54.1 Å². The highest BCUT2D eigenvalue weighted by Crippen LogP contribution is 2.32. The zero-order chi connectivity index (χ0) is 17.8. The van der Waals surface area contributed by atoms with Gasteiger partial charge in [0, 0.05) is 5.56 Å². The number of rotatable bonds is 6. The summed E-state index contributed by atoms with van der Waals surface area (Å²) in [5.74, 6) is 0.294. The lowest BCUT2D eigenvalue weighted by molar-refractivity contribution is -0.133. The highest BCUT2D eigenvalue weighted by atomic mass is 32.2. The van der Waals surface area contributed by atoms with Gasteiger partial charge in [-0.2, -0.15) is 0 Å². The molecular formula is C18H17N3O3S. The molecule has 128 valence electrons. The van der Waals surface area contributed by atoms with Crippen LogP contribution < -0.4 is 4.74 Å². The molecule has 3 rings (SSSR count). The van der Waals surface area contributed by atoms with Crippen LogP contribution in [0.2, 0.25) is 0 Å². The second-order valence-corrected chi connectivity index (χ2v) is 6.30. The topological polar surface area (TPSA) is 77.2 Å². The molecule has 2 aromatic carbocycles. The number of nitrogens with zero attached hydrogens (tertiary/aromatic N) is 3. The van der Waals surface area contributed by atoms with Crippen LogP contribution in [0.4, 0.5) is 0 Å². The van der Waals surface area contributed by atoms with Crippen molar-refractivity contribution in [2.75, 3.05) is 12.9 Å². The van der Waals surface area contributed by atoms with Crippen LogP contribution in [0.5, 0.6) is 5.75 Å². The smallest absolute Gasteiger partial charge is 0.313 e. The average molecular weight is 355 g/mol. The number of carboxylic acids is 1. The van der Waals surface area contributed by atoms with Crippen LogP contribution >= 0.6 is 11.8 Å². The number of ether oxygens (including phenoxy) is 1. The molecule has 0 bridgehead atoms. The Morgan fingerprint density at radius 1 is 1.16 bits per heavy atom. The Morgan fingerprint density at radius 3 is 2.56 bits per heavy atom. The van der Waals surface area contributed by atoms with E-state index in [1.54, 1.807) is 7.11 Å². The molecule has 0 aliphatic heterocycles. The summed E-state index contributed by atoms with van der Waals surface area (Å²) in [5, 5.41) is 18.0. The van der Waals surface area contributed by atoms with Gasteiger partial charge in [-0.15, -0.1) is 10.2 Å². The van der Waals surface area contributed by atoms with E-state index in [4.69, 9.17) is 9.84 Å². The van der Waals surface area contributed by atoms with E-state index in [1.807, 2.05) is 60.0 Å². The molecule has 6 nitrogen and oxygen atoms in total. The lowest BCUT2D eigenvalue weighted by Crippen LogP contribution is -2.04. The highest BCUT2D eigenvalue weighted by molar-refractivity contribution is 7.99. The van der Waals surface area contributed by atoms with Gasteiger partial charge in [-0.1, -0.05) is 53.7 Å². The van der Waals surface area contributed by atoms with Gasteiger partial charge < -0.3 is 9.84 Å². The molecule has 0 saturated heterocycles. The van der Waals surface area contributed by atoms with E-state index in [0.717, 1.165) is 28.6 Å². The number of para-hydroxylation sites is 2. The molecule has 0 fully saturated rings. The number of aryl methyl sites for hydroxylation is 1. The fourth-order valence-corrected chi connectivity index (χ4v) is 3.08. The molecule has 0 atom stereocenters. The van der Waals surface area contributed by atoms with Crippen molar-refractivity contribution in [1.29, 1.82) is 0 Å². The third kappa shape index (κ3) is 3.66. The van der Waals surface area contributed by atoms with E-state index in [2.05, 4.69) is 10.2 Å². The van der Waals surface area contributed by atoms with Gasteiger partial charge in [0.25, 0.3) is 0 Å². The number of carbonyl (C=O) groups is 1. The highest BCUT2D eigenvalue weighted by Gasteiger charge is 2.19. The SMILES string of the molecule is COc1ccccc1-n1c(SCC(=O)O)nnc1-c1ccc(C)cc1. The number of aliphatic carboxylic acids is 1. The normalized spacial score (nSPS) is 10.6. The number of hydrogen-bond acceptors (Lipinski definition) is 5. The third-order valence-electron chi connectivity index (χ3n) is 3.59. The monoisotopic (exact) mass is 355 g/mol. The van der Waals surface area contributed by atoms with Crippen LogP contribution in [-0.4, -0.2) is 38.7 Å². The molecule has 7 heteroatoms. The minimum Gasteiger partial charge on any atom is -0.495 e. The summed E-state index contributed by atoms with van der Waals surface area (Å²) >= 11 is 1.12. The molecule has 1 heterocycles. The maximum Gasteiger partial charge on any atom is 0.313 e. The van der Waals surface area contributed by atoms with Gasteiger partial charge in [-0.3, -0.25) is 9.36 Å². The van der Waals surface area contributed by atoms with Crippen molar-refractivity contribution in [1.82, 2.24) is 14.8 Å². The van der Waals surface area contributed by atoms with Crippen molar-refractivity contribution in [3.8, 4) is 22.8 Å². The van der Waals surface area contributed by atoms with Crippen LogP contribution in [0, 0.1) is 6.92 Å². The van der Waals surface area contributed by atoms with Gasteiger partial charge in [0.05, 0.1) is 18.6 Å². The minimum absolute atomic E-state index is 0.0961. The molecule has 1 aromatic heterocycles. The van der Waals surface area contributed by atoms with Crippen molar-refractivity contribution in [2.24, 2.45) is 0 Å². The minimum atomic E-state index is -0.906. The van der Waals surface area contributed by atoms with Crippen LogP contribution in [0.1, 0.15) is 5.56 Å². The summed E-state index contributed by atoms with van der Waals surface area (Å²) in [6.45, 7) is 2.02. The van der Waals surface area contributed by atoms with E-state index in [9.17, 15) is 4.79 Å². The first-order valence-corrected chi connectivity index (χ1v) is 8.59. The maximum absolute atomic E-state index is 11.0. The number of methoxy groups -OCH3 is 1. The molecule has 0 aliphatic carbocycles. The Morgan fingerprint density at radius 2 is 1.88 bits per heavy atom.